The Morgan fingerprint density at radius 1 is 1.20 bits per heavy atom. The Hall–Kier alpha value is -1.87. The highest BCUT2D eigenvalue weighted by molar-refractivity contribution is 7.10. The molecular formula is C17H19O2S-. The van der Waals surface area contributed by atoms with Gasteiger partial charge in [0.25, 0.3) is 0 Å². The lowest BCUT2D eigenvalue weighted by atomic mass is 10.1. The van der Waals surface area contributed by atoms with Crippen molar-refractivity contribution in [3.63, 3.8) is 0 Å². The molecule has 0 bridgehead atoms. The molecule has 0 aromatic carbocycles. The van der Waals surface area contributed by atoms with Crippen molar-refractivity contribution in [2.45, 2.75) is 27.7 Å². The highest BCUT2D eigenvalue weighted by Crippen LogP contribution is 2.22. The van der Waals surface area contributed by atoms with E-state index in [1.54, 1.807) is 24.3 Å². The summed E-state index contributed by atoms with van der Waals surface area (Å²) in [7, 11) is 0. The number of carboxylic acids is 1. The highest BCUT2D eigenvalue weighted by Gasteiger charge is 1.99. The Balaban J connectivity index is 2.72. The molecule has 0 saturated carbocycles. The first kappa shape index (κ1) is 16.2. The van der Waals surface area contributed by atoms with Crippen LogP contribution in [0.15, 0.2) is 46.9 Å². The first-order chi connectivity index (χ1) is 9.40. The maximum Gasteiger partial charge on any atom is 0.0645 e. The van der Waals surface area contributed by atoms with Crippen molar-refractivity contribution in [3.8, 4) is 0 Å². The summed E-state index contributed by atoms with van der Waals surface area (Å²) in [6.45, 7) is 7.96. The molecule has 0 fully saturated rings. The molecule has 0 amide bonds. The van der Waals surface area contributed by atoms with Crippen LogP contribution in [0.5, 0.6) is 0 Å². The summed E-state index contributed by atoms with van der Waals surface area (Å²) in [5.74, 6) is -1.17. The van der Waals surface area contributed by atoms with Gasteiger partial charge in [0.15, 0.2) is 0 Å². The zero-order valence-corrected chi connectivity index (χ0v) is 13.1. The van der Waals surface area contributed by atoms with Crippen LogP contribution >= 0.6 is 11.3 Å². The number of carboxylic acid groups (broad SMARTS) is 1. The second-order valence-electron chi connectivity index (χ2n) is 4.70. The average molecular weight is 287 g/mol. The third kappa shape index (κ3) is 5.41. The van der Waals surface area contributed by atoms with Crippen molar-refractivity contribution in [1.29, 1.82) is 0 Å². The van der Waals surface area contributed by atoms with E-state index in [4.69, 9.17) is 0 Å². The van der Waals surface area contributed by atoms with Crippen molar-refractivity contribution in [3.05, 3.63) is 62.9 Å². The van der Waals surface area contributed by atoms with Crippen molar-refractivity contribution in [2.24, 2.45) is 0 Å². The molecule has 0 aliphatic heterocycles. The Morgan fingerprint density at radius 2 is 1.90 bits per heavy atom. The van der Waals surface area contributed by atoms with Gasteiger partial charge in [-0.25, -0.2) is 0 Å². The number of thiophene rings is 1. The largest absolute Gasteiger partial charge is 0.545 e. The van der Waals surface area contributed by atoms with E-state index in [9.17, 15) is 9.90 Å². The molecular weight excluding hydrogens is 268 g/mol. The Kier molecular flexibility index (Phi) is 6.19. The molecule has 1 rings (SSSR count). The third-order valence-corrected chi connectivity index (χ3v) is 3.84. The monoisotopic (exact) mass is 287 g/mol. The molecule has 3 heteroatoms. The van der Waals surface area contributed by atoms with E-state index in [-0.39, 0.29) is 0 Å². The minimum absolute atomic E-state index is 0.655. The van der Waals surface area contributed by atoms with Gasteiger partial charge < -0.3 is 9.90 Å². The minimum Gasteiger partial charge on any atom is -0.545 e. The summed E-state index contributed by atoms with van der Waals surface area (Å²) < 4.78 is 0. The van der Waals surface area contributed by atoms with Crippen LogP contribution in [0.3, 0.4) is 0 Å². The number of carbonyl (C=O) groups is 1. The van der Waals surface area contributed by atoms with E-state index >= 15 is 0 Å². The molecule has 0 radical (unpaired) electrons. The first-order valence-electron chi connectivity index (χ1n) is 6.37. The van der Waals surface area contributed by atoms with E-state index in [0.717, 1.165) is 11.6 Å². The molecule has 106 valence electrons. The normalized spacial score (nSPS) is 13.6. The third-order valence-electron chi connectivity index (χ3n) is 2.79. The molecule has 1 aromatic rings. The second-order valence-corrected chi connectivity index (χ2v) is 5.78. The molecule has 0 unspecified atom stereocenters. The van der Waals surface area contributed by atoms with E-state index in [1.807, 2.05) is 19.1 Å². The number of rotatable bonds is 5. The summed E-state index contributed by atoms with van der Waals surface area (Å²) >= 11 is 1.76. The zero-order chi connectivity index (χ0) is 15.1. The standard InChI is InChI=1S/C17H20O2S/c1-12(6-5-7-13(2)10-17(18)19)8-9-16-14(3)11-20-15(16)4/h5-11H,1-4H3,(H,18,19)/p-1/b7-5+,9-8+,12-6+,13-10+. The lowest BCUT2D eigenvalue weighted by Gasteiger charge is -1.95. The van der Waals surface area contributed by atoms with E-state index < -0.39 is 5.97 Å². The van der Waals surface area contributed by atoms with Crippen LogP contribution in [-0.2, 0) is 4.79 Å². The van der Waals surface area contributed by atoms with Gasteiger partial charge in [-0.3, -0.25) is 0 Å². The molecule has 0 aliphatic carbocycles. The molecule has 2 nitrogen and oxygen atoms in total. The summed E-state index contributed by atoms with van der Waals surface area (Å²) in [4.78, 5) is 11.7. The van der Waals surface area contributed by atoms with Crippen LogP contribution in [0.4, 0.5) is 0 Å². The van der Waals surface area contributed by atoms with Crippen molar-refractivity contribution in [1.82, 2.24) is 0 Å². The highest BCUT2D eigenvalue weighted by atomic mass is 32.1. The SMILES string of the molecule is CC(/C=C/c1c(C)csc1C)=C\C=C\C(C)=C\C(=O)[O-]. The zero-order valence-electron chi connectivity index (χ0n) is 12.3. The molecule has 0 spiro atoms. The predicted molar refractivity (Wildman–Crippen MR) is 84.5 cm³/mol. The number of hydrogen-bond donors (Lipinski definition) is 0. The summed E-state index contributed by atoms with van der Waals surface area (Å²) in [6, 6.07) is 0. The number of carbonyl (C=O) groups excluding carboxylic acids is 1. The summed E-state index contributed by atoms with van der Waals surface area (Å²) in [5.41, 5.74) is 4.33. The van der Waals surface area contributed by atoms with Crippen LogP contribution in [0.25, 0.3) is 6.08 Å². The maximum absolute atomic E-state index is 10.4. The van der Waals surface area contributed by atoms with Gasteiger partial charge in [0.2, 0.25) is 0 Å². The molecule has 20 heavy (non-hydrogen) atoms. The van der Waals surface area contributed by atoms with Crippen LogP contribution in [0.1, 0.15) is 29.9 Å². The van der Waals surface area contributed by atoms with Gasteiger partial charge in [0.05, 0.1) is 5.97 Å². The van der Waals surface area contributed by atoms with Crippen molar-refractivity contribution >= 4 is 23.4 Å². The molecule has 0 N–H and O–H groups in total. The van der Waals surface area contributed by atoms with Crippen LogP contribution < -0.4 is 5.11 Å². The Bertz CT molecular complexity index is 579. The van der Waals surface area contributed by atoms with E-state index in [1.165, 1.54) is 16.0 Å². The molecule has 1 heterocycles. The van der Waals surface area contributed by atoms with Gasteiger partial charge in [-0.2, -0.15) is 0 Å². The smallest absolute Gasteiger partial charge is 0.0645 e. The number of hydrogen-bond acceptors (Lipinski definition) is 3. The van der Waals surface area contributed by atoms with Gasteiger partial charge in [-0.05, 0) is 55.9 Å². The van der Waals surface area contributed by atoms with E-state index in [0.29, 0.717) is 5.57 Å². The van der Waals surface area contributed by atoms with Crippen molar-refractivity contribution in [2.75, 3.05) is 0 Å². The summed E-state index contributed by atoms with van der Waals surface area (Å²) in [5, 5.41) is 12.5. The fourth-order valence-electron chi connectivity index (χ4n) is 1.69. The Labute approximate surface area is 124 Å². The molecule has 0 saturated heterocycles. The lowest BCUT2D eigenvalue weighted by molar-refractivity contribution is -0.297. The minimum atomic E-state index is -1.17. The maximum atomic E-state index is 10.4. The van der Waals surface area contributed by atoms with Crippen LogP contribution in [-0.4, -0.2) is 5.97 Å². The molecule has 0 atom stereocenters. The first-order valence-corrected chi connectivity index (χ1v) is 7.25. The number of allylic oxidation sites excluding steroid dienone is 6. The quantitative estimate of drug-likeness (QED) is 0.613. The predicted octanol–water partition coefficient (Wildman–Crippen LogP) is 3.58. The number of aryl methyl sites for hydroxylation is 2. The Morgan fingerprint density at radius 3 is 2.45 bits per heavy atom. The average Bonchev–Trinajstić information content (AvgIpc) is 2.65. The summed E-state index contributed by atoms with van der Waals surface area (Å²) in [6.07, 6.45) is 10.8. The van der Waals surface area contributed by atoms with Crippen LogP contribution in [0, 0.1) is 13.8 Å². The van der Waals surface area contributed by atoms with Gasteiger partial charge in [-0.1, -0.05) is 36.0 Å². The molecule has 0 aliphatic rings. The van der Waals surface area contributed by atoms with Crippen molar-refractivity contribution < 1.29 is 9.90 Å². The lowest BCUT2D eigenvalue weighted by Crippen LogP contribution is -2.19. The number of aliphatic carboxylic acids is 1. The second kappa shape index (κ2) is 7.65. The van der Waals surface area contributed by atoms with Gasteiger partial charge in [0.1, 0.15) is 0 Å². The topological polar surface area (TPSA) is 40.1 Å². The van der Waals surface area contributed by atoms with E-state index in [2.05, 4.69) is 31.4 Å². The van der Waals surface area contributed by atoms with Gasteiger partial charge in [-0.15, -0.1) is 11.3 Å². The van der Waals surface area contributed by atoms with Gasteiger partial charge >= 0.3 is 0 Å². The molecule has 1 aromatic heterocycles. The fourth-order valence-corrected chi connectivity index (χ4v) is 2.52. The van der Waals surface area contributed by atoms with Gasteiger partial charge in [0, 0.05) is 4.88 Å². The fraction of sp³-hybridized carbons (Fsp3) is 0.235. The van der Waals surface area contributed by atoms with Crippen LogP contribution in [0.2, 0.25) is 0 Å².